The van der Waals surface area contributed by atoms with E-state index in [1.54, 1.807) is 6.92 Å². The van der Waals surface area contributed by atoms with Gasteiger partial charge in [-0.25, -0.2) is 0 Å². The van der Waals surface area contributed by atoms with Crippen LogP contribution in [0.2, 0.25) is 0 Å². The Morgan fingerprint density at radius 1 is 1.13 bits per heavy atom. The summed E-state index contributed by atoms with van der Waals surface area (Å²) in [5, 5.41) is 35.4. The second kappa shape index (κ2) is 9.61. The number of hydrogen-bond donors (Lipinski definition) is 3. The highest BCUT2D eigenvalue weighted by atomic mass is 16.5. The molecule has 39 heavy (non-hydrogen) atoms. The summed E-state index contributed by atoms with van der Waals surface area (Å²) in [7, 11) is 0. The number of benzene rings is 1. The fraction of sp³-hybridized carbons (Fsp3) is 0.594. The molecule has 7 nitrogen and oxygen atoms in total. The predicted molar refractivity (Wildman–Crippen MR) is 149 cm³/mol. The standard InChI is InChI=1S/C32H42O7/c1-9-10-13-39-21-12-11-19(16(2)3)20-14-30(7)15-31(8)24(17(4)5)26(34)22(18(6)33)28(36)32(31,38)29(37)25(30)27(35)23(20)21/h11-12,16-17,24,35-36,38H,9-10,13-15H2,1-8H3/t24?,30-,31-,32+/m1/s1. The third-order valence-corrected chi connectivity index (χ3v) is 9.29. The van der Waals surface area contributed by atoms with E-state index in [1.165, 1.54) is 0 Å². The largest absolute Gasteiger partial charge is 0.508 e. The number of hydrogen-bond acceptors (Lipinski definition) is 7. The first-order valence-electron chi connectivity index (χ1n) is 14.1. The number of fused-ring (bicyclic) bond motifs is 3. The summed E-state index contributed by atoms with van der Waals surface area (Å²) in [6.45, 7) is 14.9. The lowest BCUT2D eigenvalue weighted by Gasteiger charge is -2.59. The van der Waals surface area contributed by atoms with Crippen molar-refractivity contribution < 1.29 is 34.4 Å². The number of aliphatic hydroxyl groups is 3. The number of ether oxygens (including phenoxy) is 1. The van der Waals surface area contributed by atoms with Crippen LogP contribution in [0.5, 0.6) is 5.75 Å². The van der Waals surface area contributed by atoms with E-state index in [4.69, 9.17) is 4.74 Å². The topological polar surface area (TPSA) is 121 Å². The molecule has 0 saturated heterocycles. The molecular weight excluding hydrogens is 496 g/mol. The second-order valence-electron chi connectivity index (χ2n) is 12.8. The molecule has 1 saturated carbocycles. The molecule has 3 aliphatic carbocycles. The van der Waals surface area contributed by atoms with E-state index in [1.807, 2.05) is 32.9 Å². The van der Waals surface area contributed by atoms with Crippen LogP contribution in [0, 0.1) is 22.7 Å². The third-order valence-electron chi connectivity index (χ3n) is 9.29. The number of ketones is 3. The minimum atomic E-state index is -2.55. The van der Waals surface area contributed by atoms with Gasteiger partial charge >= 0.3 is 0 Å². The van der Waals surface area contributed by atoms with Gasteiger partial charge in [-0.05, 0) is 55.2 Å². The summed E-state index contributed by atoms with van der Waals surface area (Å²) >= 11 is 0. The molecule has 0 radical (unpaired) electrons. The zero-order valence-electron chi connectivity index (χ0n) is 24.4. The molecule has 212 valence electrons. The molecule has 3 N–H and O–H groups in total. The van der Waals surface area contributed by atoms with Gasteiger partial charge < -0.3 is 20.1 Å². The highest BCUT2D eigenvalue weighted by molar-refractivity contribution is 6.24. The average molecular weight is 539 g/mol. The van der Waals surface area contributed by atoms with Gasteiger partial charge in [0.05, 0.1) is 12.2 Å². The van der Waals surface area contributed by atoms with Gasteiger partial charge in [-0.3, -0.25) is 14.4 Å². The van der Waals surface area contributed by atoms with E-state index in [9.17, 15) is 29.7 Å². The molecule has 3 aliphatic rings. The Balaban J connectivity index is 2.05. The lowest BCUT2D eigenvalue weighted by molar-refractivity contribution is -0.178. The van der Waals surface area contributed by atoms with Crippen molar-refractivity contribution in [2.24, 2.45) is 22.7 Å². The van der Waals surface area contributed by atoms with Crippen molar-refractivity contribution in [3.63, 3.8) is 0 Å². The van der Waals surface area contributed by atoms with Crippen LogP contribution in [0.1, 0.15) is 97.3 Å². The van der Waals surface area contributed by atoms with E-state index in [2.05, 4.69) is 20.8 Å². The molecule has 4 rings (SSSR count). The van der Waals surface area contributed by atoms with Crippen molar-refractivity contribution in [1.29, 1.82) is 0 Å². The van der Waals surface area contributed by atoms with Crippen molar-refractivity contribution in [3.8, 4) is 5.75 Å². The highest BCUT2D eigenvalue weighted by Crippen LogP contribution is 2.65. The number of rotatable bonds is 7. The van der Waals surface area contributed by atoms with Gasteiger partial charge in [-0.2, -0.15) is 0 Å². The minimum absolute atomic E-state index is 0.00234. The van der Waals surface area contributed by atoms with Gasteiger partial charge in [0.15, 0.2) is 17.2 Å². The van der Waals surface area contributed by atoms with Crippen molar-refractivity contribution >= 4 is 23.1 Å². The van der Waals surface area contributed by atoms with Gasteiger partial charge in [-0.15, -0.1) is 0 Å². The van der Waals surface area contributed by atoms with Gasteiger partial charge in [-0.1, -0.05) is 61.0 Å². The molecule has 0 heterocycles. The van der Waals surface area contributed by atoms with Crippen LogP contribution < -0.4 is 4.74 Å². The first kappa shape index (κ1) is 29.1. The smallest absolute Gasteiger partial charge is 0.203 e. The quantitative estimate of drug-likeness (QED) is 0.297. The van der Waals surface area contributed by atoms with Crippen LogP contribution >= 0.6 is 0 Å². The summed E-state index contributed by atoms with van der Waals surface area (Å²) in [6, 6.07) is 3.82. The summed E-state index contributed by atoms with van der Waals surface area (Å²) in [6.07, 6.45) is 2.29. The van der Waals surface area contributed by atoms with Gasteiger partial charge in [0, 0.05) is 22.3 Å². The SMILES string of the molecule is CCCCOc1ccc(C(C)C)c2c1C(O)=C1C(=O)[C@@]3(O)C(O)=C(C(C)=O)C(=O)C(C(C)C)[C@@]3(C)C[C@@]1(C)C2. The van der Waals surface area contributed by atoms with Crippen LogP contribution in [0.15, 0.2) is 29.0 Å². The highest BCUT2D eigenvalue weighted by Gasteiger charge is 2.72. The Hall–Kier alpha value is -2.93. The molecule has 0 aromatic heterocycles. The van der Waals surface area contributed by atoms with Crippen LogP contribution in [0.25, 0.3) is 5.76 Å². The number of Topliss-reactive ketones (excluding diaryl/α,β-unsaturated/α-hetero) is 3. The van der Waals surface area contributed by atoms with Crippen molar-refractivity contribution in [1.82, 2.24) is 0 Å². The molecule has 4 atom stereocenters. The maximum atomic E-state index is 14.5. The Morgan fingerprint density at radius 3 is 2.31 bits per heavy atom. The zero-order chi connectivity index (χ0) is 29.2. The molecular formula is C32H42O7. The lowest BCUT2D eigenvalue weighted by atomic mass is 9.43. The molecule has 1 unspecified atom stereocenters. The van der Waals surface area contributed by atoms with Crippen molar-refractivity contribution in [2.45, 2.75) is 92.6 Å². The van der Waals surface area contributed by atoms with E-state index in [0.717, 1.165) is 30.9 Å². The fourth-order valence-electron chi connectivity index (χ4n) is 7.71. The molecule has 7 heteroatoms. The van der Waals surface area contributed by atoms with E-state index >= 15 is 0 Å². The van der Waals surface area contributed by atoms with Crippen molar-refractivity contribution in [2.75, 3.05) is 6.61 Å². The average Bonchev–Trinajstić information content (AvgIpc) is 2.80. The lowest BCUT2D eigenvalue weighted by Crippen LogP contribution is -2.69. The first-order chi connectivity index (χ1) is 18.1. The minimum Gasteiger partial charge on any atom is -0.508 e. The maximum absolute atomic E-state index is 14.5. The number of carbonyl (C=O) groups excluding carboxylic acids is 3. The van der Waals surface area contributed by atoms with Gasteiger partial charge in [0.25, 0.3) is 0 Å². The Labute approximate surface area is 231 Å². The number of allylic oxidation sites excluding steroid dienone is 1. The molecule has 1 aromatic rings. The molecule has 0 bridgehead atoms. The Bertz CT molecular complexity index is 1320. The fourth-order valence-corrected chi connectivity index (χ4v) is 7.71. The number of carbonyl (C=O) groups is 3. The summed E-state index contributed by atoms with van der Waals surface area (Å²) < 4.78 is 6.07. The number of unbranched alkanes of at least 4 members (excludes halogenated alkanes) is 1. The van der Waals surface area contributed by atoms with Crippen LogP contribution in [0.4, 0.5) is 0 Å². The third kappa shape index (κ3) is 3.91. The van der Waals surface area contributed by atoms with Crippen LogP contribution in [0.3, 0.4) is 0 Å². The zero-order valence-corrected chi connectivity index (χ0v) is 24.4. The van der Waals surface area contributed by atoms with Gasteiger partial charge in [0.1, 0.15) is 22.8 Å². The molecule has 1 aromatic carbocycles. The second-order valence-corrected chi connectivity index (χ2v) is 12.8. The van der Waals surface area contributed by atoms with E-state index < -0.39 is 51.0 Å². The van der Waals surface area contributed by atoms with Crippen LogP contribution in [-0.4, -0.2) is 44.9 Å². The molecule has 1 fully saturated rings. The van der Waals surface area contributed by atoms with E-state index in [-0.39, 0.29) is 29.6 Å². The van der Waals surface area contributed by atoms with Gasteiger partial charge in [0.2, 0.25) is 5.78 Å². The normalized spacial score (nSPS) is 30.5. The van der Waals surface area contributed by atoms with Crippen molar-refractivity contribution in [3.05, 3.63) is 45.7 Å². The summed E-state index contributed by atoms with van der Waals surface area (Å²) in [4.78, 5) is 40.6. The molecule has 0 spiro atoms. The molecule has 0 aliphatic heterocycles. The maximum Gasteiger partial charge on any atom is 0.203 e. The summed E-state index contributed by atoms with van der Waals surface area (Å²) in [5.74, 6) is -3.93. The van der Waals surface area contributed by atoms with E-state index in [0.29, 0.717) is 24.3 Å². The molecule has 0 amide bonds. The summed E-state index contributed by atoms with van der Waals surface area (Å²) in [5.41, 5.74) is -3.08. The Morgan fingerprint density at radius 2 is 1.77 bits per heavy atom. The number of aliphatic hydroxyl groups excluding tert-OH is 2. The first-order valence-corrected chi connectivity index (χ1v) is 14.1. The van der Waals surface area contributed by atoms with Crippen LogP contribution in [-0.2, 0) is 20.8 Å². The monoisotopic (exact) mass is 538 g/mol. The predicted octanol–water partition coefficient (Wildman–Crippen LogP) is 5.79. The Kier molecular flexibility index (Phi) is 7.16.